The lowest BCUT2D eigenvalue weighted by Crippen LogP contribution is -2.48. The lowest BCUT2D eigenvalue weighted by atomic mass is 10.0. The zero-order valence-electron chi connectivity index (χ0n) is 26.8. The minimum absolute atomic E-state index is 0.0405. The standard InChI is InChI=1S/C32H42FN3O8S3/c1-22-19-36(23(2)21-37)32(38)28-18-26(34-46(39,40)31-9-7-17-45-31)12-15-29(28)44-24(3)8-5-6-16-43-30(22)20-35(4)47(41,42)27-13-10-25(33)11-14-27/h7,9-15,17-18,22-24,30,34,37H,5-6,8,16,19-21H2,1-4H3/t22-,23+,24+,30+/m1/s1. The molecular weight excluding hydrogens is 670 g/mol. The summed E-state index contributed by atoms with van der Waals surface area (Å²) in [5.74, 6) is -1.18. The average Bonchev–Trinajstić information content (AvgIpc) is 3.59. The van der Waals surface area contributed by atoms with Crippen LogP contribution >= 0.6 is 11.3 Å². The Balaban J connectivity index is 1.67. The Hall–Kier alpha value is -3.08. The molecule has 4 rings (SSSR count). The van der Waals surface area contributed by atoms with E-state index in [-0.39, 0.29) is 51.9 Å². The molecule has 258 valence electrons. The van der Waals surface area contributed by atoms with E-state index in [2.05, 4.69) is 4.72 Å². The van der Waals surface area contributed by atoms with Crippen molar-refractivity contribution in [2.24, 2.45) is 5.92 Å². The van der Waals surface area contributed by atoms with Gasteiger partial charge in [-0.25, -0.2) is 21.2 Å². The highest BCUT2D eigenvalue weighted by atomic mass is 32.2. The summed E-state index contributed by atoms with van der Waals surface area (Å²) in [6, 6.07) is 11.6. The maximum Gasteiger partial charge on any atom is 0.271 e. The Bertz CT molecular complexity index is 1700. The van der Waals surface area contributed by atoms with Crippen LogP contribution in [0.1, 0.15) is 50.4 Å². The van der Waals surface area contributed by atoms with Gasteiger partial charge >= 0.3 is 0 Å². The summed E-state index contributed by atoms with van der Waals surface area (Å²) in [6.45, 7) is 5.42. The van der Waals surface area contributed by atoms with Gasteiger partial charge in [0.15, 0.2) is 0 Å². The molecule has 0 saturated carbocycles. The fraction of sp³-hybridized carbons (Fsp3) is 0.469. The third-order valence-corrected chi connectivity index (χ3v) is 12.6. The van der Waals surface area contributed by atoms with Crippen LogP contribution in [-0.2, 0) is 24.8 Å². The molecular formula is C32H42FN3O8S3. The number of likely N-dealkylation sites (N-methyl/N-ethyl adjacent to an activating group) is 1. The van der Waals surface area contributed by atoms with Gasteiger partial charge < -0.3 is 19.5 Å². The van der Waals surface area contributed by atoms with Crippen LogP contribution in [0.3, 0.4) is 0 Å². The molecule has 2 aromatic carbocycles. The zero-order chi connectivity index (χ0) is 34.4. The van der Waals surface area contributed by atoms with Crippen molar-refractivity contribution in [2.75, 3.05) is 38.1 Å². The van der Waals surface area contributed by atoms with Gasteiger partial charge in [-0.1, -0.05) is 13.0 Å². The number of hydrogen-bond donors (Lipinski definition) is 2. The van der Waals surface area contributed by atoms with Gasteiger partial charge in [0.1, 0.15) is 15.8 Å². The largest absolute Gasteiger partial charge is 0.490 e. The Kier molecular flexibility index (Phi) is 12.4. The molecule has 0 fully saturated rings. The molecule has 0 unspecified atom stereocenters. The predicted molar refractivity (Wildman–Crippen MR) is 178 cm³/mol. The van der Waals surface area contributed by atoms with Crippen molar-refractivity contribution in [2.45, 2.75) is 67.4 Å². The zero-order valence-corrected chi connectivity index (χ0v) is 29.3. The number of sulfonamides is 2. The molecule has 11 nitrogen and oxygen atoms in total. The number of thiophene rings is 1. The van der Waals surface area contributed by atoms with Crippen molar-refractivity contribution >= 4 is 43.0 Å². The Morgan fingerprint density at radius 1 is 1.11 bits per heavy atom. The SMILES string of the molecule is C[C@@H]1CN([C@@H](C)CO)C(=O)c2cc(NS(=O)(=O)c3cccs3)ccc2O[C@@H](C)CCCCO[C@H]1CN(C)S(=O)(=O)c1ccc(F)cc1. The van der Waals surface area contributed by atoms with E-state index in [0.717, 1.165) is 34.2 Å². The third-order valence-electron chi connectivity index (χ3n) is 8.02. The van der Waals surface area contributed by atoms with Gasteiger partial charge in [-0.2, -0.15) is 4.31 Å². The van der Waals surface area contributed by atoms with Gasteiger partial charge in [0.05, 0.1) is 35.3 Å². The highest BCUT2D eigenvalue weighted by molar-refractivity contribution is 7.94. The first-order chi connectivity index (χ1) is 22.2. The Morgan fingerprint density at radius 3 is 2.49 bits per heavy atom. The summed E-state index contributed by atoms with van der Waals surface area (Å²) in [5.41, 5.74) is 0.280. The summed E-state index contributed by atoms with van der Waals surface area (Å²) in [6.07, 6.45) is 1.12. The maximum absolute atomic E-state index is 14.3. The molecule has 0 saturated heterocycles. The second kappa shape index (κ2) is 15.9. The normalized spacial score (nSPS) is 21.0. The number of aliphatic hydroxyl groups is 1. The van der Waals surface area contributed by atoms with Gasteiger partial charge in [0.2, 0.25) is 10.0 Å². The number of hydrogen-bond acceptors (Lipinski definition) is 9. The molecule has 0 spiro atoms. The Morgan fingerprint density at radius 2 is 1.83 bits per heavy atom. The smallest absolute Gasteiger partial charge is 0.271 e. The second-order valence-electron chi connectivity index (χ2n) is 11.8. The van der Waals surface area contributed by atoms with Crippen LogP contribution in [-0.4, -0.2) is 88.7 Å². The molecule has 1 aliphatic rings. The number of nitrogens with one attached hydrogen (secondary N) is 1. The maximum atomic E-state index is 14.3. The van der Waals surface area contributed by atoms with Crippen molar-refractivity contribution in [3.05, 3.63) is 71.4 Å². The van der Waals surface area contributed by atoms with E-state index in [1.54, 1.807) is 24.4 Å². The van der Waals surface area contributed by atoms with Crippen LogP contribution in [0.25, 0.3) is 0 Å². The summed E-state index contributed by atoms with van der Waals surface area (Å²) in [7, 11) is -6.45. The number of rotatable bonds is 9. The minimum atomic E-state index is -3.97. The van der Waals surface area contributed by atoms with E-state index in [1.165, 1.54) is 42.3 Å². The summed E-state index contributed by atoms with van der Waals surface area (Å²) in [4.78, 5) is 15.7. The average molecular weight is 712 g/mol. The molecule has 4 atom stereocenters. The van der Waals surface area contributed by atoms with Crippen LogP contribution in [0.2, 0.25) is 0 Å². The lowest BCUT2D eigenvalue weighted by molar-refractivity contribution is -0.00833. The molecule has 1 aliphatic heterocycles. The molecule has 0 aliphatic carbocycles. The third kappa shape index (κ3) is 9.30. The molecule has 3 aromatic rings. The predicted octanol–water partition coefficient (Wildman–Crippen LogP) is 4.80. The first kappa shape index (κ1) is 36.8. The number of benzene rings is 2. The van der Waals surface area contributed by atoms with Gasteiger partial charge in [-0.3, -0.25) is 9.52 Å². The quantitative estimate of drug-likeness (QED) is 0.322. The van der Waals surface area contributed by atoms with Crippen molar-refractivity contribution < 1.29 is 40.6 Å². The van der Waals surface area contributed by atoms with Crippen LogP contribution < -0.4 is 9.46 Å². The second-order valence-corrected chi connectivity index (χ2v) is 16.7. The number of ether oxygens (including phenoxy) is 2. The van der Waals surface area contributed by atoms with Crippen molar-refractivity contribution in [3.8, 4) is 5.75 Å². The van der Waals surface area contributed by atoms with E-state index in [9.17, 15) is 31.1 Å². The van der Waals surface area contributed by atoms with Gasteiger partial charge in [0, 0.05) is 38.3 Å². The van der Waals surface area contributed by atoms with Gasteiger partial charge in [0.25, 0.3) is 15.9 Å². The van der Waals surface area contributed by atoms with Gasteiger partial charge in [-0.05, 0) is 87.0 Å². The van der Waals surface area contributed by atoms with Crippen LogP contribution in [0, 0.1) is 11.7 Å². The van der Waals surface area contributed by atoms with Crippen molar-refractivity contribution in [1.82, 2.24) is 9.21 Å². The number of carbonyl (C=O) groups excluding carboxylic acids is 1. The number of amides is 1. The number of aliphatic hydroxyl groups excluding tert-OH is 1. The monoisotopic (exact) mass is 711 g/mol. The van der Waals surface area contributed by atoms with Crippen molar-refractivity contribution in [3.63, 3.8) is 0 Å². The summed E-state index contributed by atoms with van der Waals surface area (Å²) < 4.78 is 82.3. The molecule has 2 heterocycles. The molecule has 47 heavy (non-hydrogen) atoms. The molecule has 0 radical (unpaired) electrons. The van der Waals surface area contributed by atoms with Gasteiger partial charge in [-0.15, -0.1) is 11.3 Å². The molecule has 1 amide bonds. The molecule has 0 bridgehead atoms. The van der Waals surface area contributed by atoms with E-state index in [4.69, 9.17) is 9.47 Å². The van der Waals surface area contributed by atoms with E-state index < -0.39 is 49.8 Å². The van der Waals surface area contributed by atoms with E-state index >= 15 is 0 Å². The molecule has 15 heteroatoms. The van der Waals surface area contributed by atoms with Crippen LogP contribution in [0.15, 0.2) is 69.1 Å². The fourth-order valence-electron chi connectivity index (χ4n) is 5.21. The first-order valence-corrected chi connectivity index (χ1v) is 19.2. The summed E-state index contributed by atoms with van der Waals surface area (Å²) >= 11 is 1.06. The molecule has 2 N–H and O–H groups in total. The Labute approximate surface area is 280 Å². The molecule has 1 aromatic heterocycles. The number of anilines is 1. The number of carbonyl (C=O) groups is 1. The minimum Gasteiger partial charge on any atom is -0.490 e. The fourth-order valence-corrected chi connectivity index (χ4v) is 8.43. The van der Waals surface area contributed by atoms with E-state index in [0.29, 0.717) is 19.4 Å². The number of halogens is 1. The van der Waals surface area contributed by atoms with Crippen LogP contribution in [0.5, 0.6) is 5.75 Å². The first-order valence-electron chi connectivity index (χ1n) is 15.3. The number of nitrogens with zero attached hydrogens (tertiary/aromatic N) is 2. The lowest BCUT2D eigenvalue weighted by Gasteiger charge is -2.35. The van der Waals surface area contributed by atoms with Crippen LogP contribution in [0.4, 0.5) is 10.1 Å². The highest BCUT2D eigenvalue weighted by Crippen LogP contribution is 2.30. The summed E-state index contributed by atoms with van der Waals surface area (Å²) in [5, 5.41) is 11.8. The van der Waals surface area contributed by atoms with Crippen molar-refractivity contribution in [1.29, 1.82) is 0 Å². The highest BCUT2D eigenvalue weighted by Gasteiger charge is 2.32. The van der Waals surface area contributed by atoms with E-state index in [1.807, 2.05) is 13.8 Å². The number of fused-ring (bicyclic) bond motifs is 1. The topological polar surface area (TPSA) is 143 Å².